The van der Waals surface area contributed by atoms with E-state index in [1.165, 1.54) is 6.07 Å². The molecule has 5 heteroatoms. The summed E-state index contributed by atoms with van der Waals surface area (Å²) in [6.07, 6.45) is 3.76. The van der Waals surface area contributed by atoms with Crippen LogP contribution in [-0.2, 0) is 11.3 Å². The Hall–Kier alpha value is -1.13. The van der Waals surface area contributed by atoms with Gasteiger partial charge in [0.1, 0.15) is 5.82 Å². The van der Waals surface area contributed by atoms with E-state index < -0.39 is 0 Å². The van der Waals surface area contributed by atoms with Crippen LogP contribution in [0.5, 0.6) is 0 Å². The molecule has 1 aromatic rings. The molecule has 1 aliphatic rings. The summed E-state index contributed by atoms with van der Waals surface area (Å²) in [5.41, 5.74) is 6.18. The van der Waals surface area contributed by atoms with Gasteiger partial charge in [0.2, 0.25) is 5.91 Å². The topological polar surface area (TPSA) is 46.3 Å². The molecule has 0 heterocycles. The Kier molecular flexibility index (Phi) is 6.21. The fourth-order valence-electron chi connectivity index (χ4n) is 3.29. The first kappa shape index (κ1) is 17.2. The van der Waals surface area contributed by atoms with Crippen LogP contribution < -0.4 is 5.73 Å². The molecule has 1 amide bonds. The van der Waals surface area contributed by atoms with E-state index >= 15 is 0 Å². The van der Waals surface area contributed by atoms with Crippen molar-refractivity contribution in [3.8, 4) is 0 Å². The van der Waals surface area contributed by atoms with Crippen molar-refractivity contribution in [3.05, 3.63) is 34.6 Å². The molecule has 1 aliphatic carbocycles. The van der Waals surface area contributed by atoms with Crippen LogP contribution in [0.25, 0.3) is 0 Å². The summed E-state index contributed by atoms with van der Waals surface area (Å²) >= 11 is 6.10. The van der Waals surface area contributed by atoms with Gasteiger partial charge in [-0.05, 0) is 43.9 Å². The normalized spacial score (nSPS) is 21.1. The van der Waals surface area contributed by atoms with Gasteiger partial charge >= 0.3 is 0 Å². The molecule has 0 saturated heterocycles. The largest absolute Gasteiger partial charge is 0.338 e. The standard InChI is InChI=1S/C17H24ClFN2O/c1-2-9-21(11-14-15(18)7-4-8-16(14)19)17(22)13-6-3-5-12(13)10-20/h4,7-8,12-13H,2-3,5-6,9-11,20H2,1H3/t12-,13-/m1/s1. The van der Waals surface area contributed by atoms with Crippen LogP contribution in [0.4, 0.5) is 4.39 Å². The number of carbonyl (C=O) groups excluding carboxylic acids is 1. The van der Waals surface area contributed by atoms with E-state index in [1.807, 2.05) is 6.92 Å². The molecule has 2 rings (SSSR count). The van der Waals surface area contributed by atoms with Gasteiger partial charge in [-0.1, -0.05) is 31.0 Å². The molecule has 3 nitrogen and oxygen atoms in total. The smallest absolute Gasteiger partial charge is 0.226 e. The summed E-state index contributed by atoms with van der Waals surface area (Å²) in [7, 11) is 0. The second-order valence-electron chi connectivity index (χ2n) is 5.99. The van der Waals surface area contributed by atoms with Crippen molar-refractivity contribution in [2.75, 3.05) is 13.1 Å². The van der Waals surface area contributed by atoms with Crippen molar-refractivity contribution in [1.82, 2.24) is 4.90 Å². The van der Waals surface area contributed by atoms with E-state index in [4.69, 9.17) is 17.3 Å². The zero-order valence-electron chi connectivity index (χ0n) is 13.0. The van der Waals surface area contributed by atoms with Gasteiger partial charge in [0.05, 0.1) is 0 Å². The number of carbonyl (C=O) groups is 1. The Labute approximate surface area is 136 Å². The summed E-state index contributed by atoms with van der Waals surface area (Å²) < 4.78 is 14.0. The van der Waals surface area contributed by atoms with Crippen LogP contribution in [0.2, 0.25) is 5.02 Å². The number of rotatable bonds is 6. The second kappa shape index (κ2) is 7.93. The molecule has 1 fully saturated rings. The summed E-state index contributed by atoms with van der Waals surface area (Å²) in [5, 5.41) is 0.371. The Balaban J connectivity index is 2.17. The SMILES string of the molecule is CCCN(Cc1c(F)cccc1Cl)C(=O)[C@@H]1CCC[C@@H]1CN. The number of nitrogens with zero attached hydrogens (tertiary/aromatic N) is 1. The van der Waals surface area contributed by atoms with Gasteiger partial charge in [0.25, 0.3) is 0 Å². The number of hydrogen-bond acceptors (Lipinski definition) is 2. The van der Waals surface area contributed by atoms with Gasteiger partial charge in [-0.3, -0.25) is 4.79 Å². The lowest BCUT2D eigenvalue weighted by Crippen LogP contribution is -2.39. The van der Waals surface area contributed by atoms with Crippen molar-refractivity contribution in [2.45, 2.75) is 39.2 Å². The Morgan fingerprint density at radius 3 is 2.86 bits per heavy atom. The van der Waals surface area contributed by atoms with Crippen molar-refractivity contribution in [3.63, 3.8) is 0 Å². The molecule has 0 bridgehead atoms. The maximum Gasteiger partial charge on any atom is 0.226 e. The molecule has 0 aliphatic heterocycles. The second-order valence-corrected chi connectivity index (χ2v) is 6.40. The zero-order valence-corrected chi connectivity index (χ0v) is 13.8. The van der Waals surface area contributed by atoms with Crippen molar-refractivity contribution in [1.29, 1.82) is 0 Å². The van der Waals surface area contributed by atoms with Gasteiger partial charge in [-0.25, -0.2) is 4.39 Å². The van der Waals surface area contributed by atoms with Gasteiger partial charge in [0, 0.05) is 29.6 Å². The highest BCUT2D eigenvalue weighted by molar-refractivity contribution is 6.31. The van der Waals surface area contributed by atoms with Crippen molar-refractivity contribution >= 4 is 17.5 Å². The number of amides is 1. The van der Waals surface area contributed by atoms with Crippen LogP contribution in [-0.4, -0.2) is 23.9 Å². The minimum atomic E-state index is -0.358. The average Bonchev–Trinajstić information content (AvgIpc) is 2.97. The molecular formula is C17H24ClFN2O. The predicted octanol–water partition coefficient (Wildman–Crippen LogP) is 3.59. The van der Waals surface area contributed by atoms with E-state index in [0.717, 1.165) is 25.7 Å². The first-order valence-corrected chi connectivity index (χ1v) is 8.38. The Morgan fingerprint density at radius 2 is 2.23 bits per heavy atom. The minimum absolute atomic E-state index is 0.0258. The fraction of sp³-hybridized carbons (Fsp3) is 0.588. The molecule has 2 N–H and O–H groups in total. The fourth-order valence-corrected chi connectivity index (χ4v) is 3.51. The summed E-state index contributed by atoms with van der Waals surface area (Å²) in [6, 6.07) is 4.62. The minimum Gasteiger partial charge on any atom is -0.338 e. The number of nitrogens with two attached hydrogens (primary N) is 1. The zero-order chi connectivity index (χ0) is 16.1. The third kappa shape index (κ3) is 3.79. The molecule has 0 spiro atoms. The van der Waals surface area contributed by atoms with Gasteiger partial charge < -0.3 is 10.6 Å². The van der Waals surface area contributed by atoms with Gasteiger partial charge in [0.15, 0.2) is 0 Å². The van der Waals surface area contributed by atoms with E-state index in [9.17, 15) is 9.18 Å². The lowest BCUT2D eigenvalue weighted by atomic mass is 9.94. The first-order chi connectivity index (χ1) is 10.6. The monoisotopic (exact) mass is 326 g/mol. The van der Waals surface area contributed by atoms with Crippen LogP contribution >= 0.6 is 11.6 Å². The third-order valence-corrected chi connectivity index (χ3v) is 4.85. The predicted molar refractivity (Wildman–Crippen MR) is 87.0 cm³/mol. The lowest BCUT2D eigenvalue weighted by Gasteiger charge is -2.28. The van der Waals surface area contributed by atoms with Crippen LogP contribution in [0.15, 0.2) is 18.2 Å². The summed E-state index contributed by atoms with van der Waals surface area (Å²) in [4.78, 5) is 14.6. The molecule has 0 radical (unpaired) electrons. The number of halogens is 2. The Morgan fingerprint density at radius 1 is 1.45 bits per heavy atom. The lowest BCUT2D eigenvalue weighted by molar-refractivity contribution is -0.137. The van der Waals surface area contributed by atoms with Gasteiger partial charge in [-0.15, -0.1) is 0 Å². The van der Waals surface area contributed by atoms with Gasteiger partial charge in [-0.2, -0.15) is 0 Å². The summed E-state index contributed by atoms with van der Waals surface area (Å²) in [6.45, 7) is 3.39. The molecule has 2 atom stereocenters. The molecular weight excluding hydrogens is 303 g/mol. The van der Waals surface area contributed by atoms with E-state index in [-0.39, 0.29) is 30.1 Å². The highest BCUT2D eigenvalue weighted by Crippen LogP contribution is 2.33. The Bertz CT molecular complexity index is 503. The van der Waals surface area contributed by atoms with E-state index in [2.05, 4.69) is 0 Å². The van der Waals surface area contributed by atoms with Crippen LogP contribution in [0, 0.1) is 17.7 Å². The van der Waals surface area contributed by atoms with Crippen LogP contribution in [0.1, 0.15) is 38.2 Å². The third-order valence-electron chi connectivity index (χ3n) is 4.49. The molecule has 22 heavy (non-hydrogen) atoms. The number of hydrogen-bond donors (Lipinski definition) is 1. The van der Waals surface area contributed by atoms with E-state index in [1.54, 1.807) is 17.0 Å². The van der Waals surface area contributed by atoms with Crippen LogP contribution in [0.3, 0.4) is 0 Å². The van der Waals surface area contributed by atoms with Crippen molar-refractivity contribution in [2.24, 2.45) is 17.6 Å². The summed E-state index contributed by atoms with van der Waals surface area (Å²) in [5.74, 6) is -0.0395. The highest BCUT2D eigenvalue weighted by Gasteiger charge is 2.34. The quantitative estimate of drug-likeness (QED) is 0.868. The highest BCUT2D eigenvalue weighted by atomic mass is 35.5. The molecule has 0 unspecified atom stereocenters. The maximum absolute atomic E-state index is 14.0. The molecule has 122 valence electrons. The van der Waals surface area contributed by atoms with Crippen molar-refractivity contribution < 1.29 is 9.18 Å². The van der Waals surface area contributed by atoms with E-state index in [0.29, 0.717) is 23.7 Å². The molecule has 1 aromatic carbocycles. The average molecular weight is 327 g/mol. The molecule has 1 saturated carbocycles. The first-order valence-electron chi connectivity index (χ1n) is 8.00. The maximum atomic E-state index is 14.0. The number of benzene rings is 1. The molecule has 0 aromatic heterocycles.